The Bertz CT molecular complexity index is 582. The maximum absolute atomic E-state index is 13.7. The molecule has 0 aliphatic carbocycles. The lowest BCUT2D eigenvalue weighted by molar-refractivity contribution is 0.494. The van der Waals surface area contributed by atoms with Gasteiger partial charge in [0.25, 0.3) is 0 Å². The number of hydrogen-bond acceptors (Lipinski definition) is 1. The SMILES string of the molecule is CC(Nc1c(Br)cccc1Br)c1cccc(F)c1F. The minimum atomic E-state index is -0.836. The number of nitrogens with one attached hydrogen (secondary N) is 1. The molecule has 1 nitrogen and oxygen atoms in total. The summed E-state index contributed by atoms with van der Waals surface area (Å²) in [4.78, 5) is 0. The maximum Gasteiger partial charge on any atom is 0.164 e. The smallest absolute Gasteiger partial charge is 0.164 e. The molecule has 0 aliphatic rings. The number of halogens is 4. The van der Waals surface area contributed by atoms with Gasteiger partial charge < -0.3 is 5.32 Å². The van der Waals surface area contributed by atoms with Gasteiger partial charge >= 0.3 is 0 Å². The van der Waals surface area contributed by atoms with Crippen LogP contribution in [0.1, 0.15) is 18.5 Å². The van der Waals surface area contributed by atoms with Crippen molar-refractivity contribution in [3.63, 3.8) is 0 Å². The summed E-state index contributed by atoms with van der Waals surface area (Å²) in [5.74, 6) is -1.65. The van der Waals surface area contributed by atoms with E-state index >= 15 is 0 Å². The molecule has 0 amide bonds. The molecule has 2 rings (SSSR count). The van der Waals surface area contributed by atoms with Crippen LogP contribution in [0.2, 0.25) is 0 Å². The van der Waals surface area contributed by atoms with E-state index in [4.69, 9.17) is 0 Å². The molecule has 1 N–H and O–H groups in total. The molecular formula is C14H11Br2F2N. The zero-order valence-corrected chi connectivity index (χ0v) is 13.2. The fraction of sp³-hybridized carbons (Fsp3) is 0.143. The molecule has 0 aromatic heterocycles. The van der Waals surface area contributed by atoms with Crippen LogP contribution in [0.3, 0.4) is 0 Å². The monoisotopic (exact) mass is 389 g/mol. The Labute approximate surface area is 127 Å². The van der Waals surface area contributed by atoms with Crippen LogP contribution in [-0.4, -0.2) is 0 Å². The lowest BCUT2D eigenvalue weighted by atomic mass is 10.1. The largest absolute Gasteiger partial charge is 0.377 e. The predicted molar refractivity (Wildman–Crippen MR) is 80.2 cm³/mol. The van der Waals surface area contributed by atoms with Crippen molar-refractivity contribution in [2.24, 2.45) is 0 Å². The molecule has 100 valence electrons. The van der Waals surface area contributed by atoms with Gasteiger partial charge in [-0.1, -0.05) is 18.2 Å². The van der Waals surface area contributed by atoms with E-state index in [1.165, 1.54) is 6.07 Å². The molecule has 1 unspecified atom stereocenters. The minimum Gasteiger partial charge on any atom is -0.377 e. The third-order valence-corrected chi connectivity index (χ3v) is 4.09. The van der Waals surface area contributed by atoms with E-state index in [9.17, 15) is 8.78 Å². The van der Waals surface area contributed by atoms with Gasteiger partial charge in [-0.2, -0.15) is 0 Å². The number of para-hydroxylation sites is 1. The minimum absolute atomic E-state index is 0.294. The van der Waals surface area contributed by atoms with Crippen molar-refractivity contribution < 1.29 is 8.78 Å². The van der Waals surface area contributed by atoms with E-state index < -0.39 is 11.6 Å². The lowest BCUT2D eigenvalue weighted by Gasteiger charge is -2.18. The van der Waals surface area contributed by atoms with E-state index in [2.05, 4.69) is 37.2 Å². The summed E-state index contributed by atoms with van der Waals surface area (Å²) >= 11 is 6.84. The van der Waals surface area contributed by atoms with E-state index in [0.717, 1.165) is 20.7 Å². The van der Waals surface area contributed by atoms with Crippen molar-refractivity contribution in [1.82, 2.24) is 0 Å². The molecule has 1 atom stereocenters. The van der Waals surface area contributed by atoms with Crippen LogP contribution < -0.4 is 5.32 Å². The number of benzene rings is 2. The molecule has 0 radical (unpaired) electrons. The lowest BCUT2D eigenvalue weighted by Crippen LogP contribution is -2.10. The van der Waals surface area contributed by atoms with Gasteiger partial charge in [0, 0.05) is 14.5 Å². The molecule has 0 fully saturated rings. The van der Waals surface area contributed by atoms with E-state index in [1.807, 2.05) is 18.2 Å². The topological polar surface area (TPSA) is 12.0 Å². The summed E-state index contributed by atoms with van der Waals surface area (Å²) < 4.78 is 28.6. The molecule has 5 heteroatoms. The molecule has 0 saturated heterocycles. The highest BCUT2D eigenvalue weighted by Gasteiger charge is 2.15. The Balaban J connectivity index is 2.31. The van der Waals surface area contributed by atoms with Crippen LogP contribution in [0.25, 0.3) is 0 Å². The van der Waals surface area contributed by atoms with Crippen molar-refractivity contribution in [1.29, 1.82) is 0 Å². The quantitative estimate of drug-likeness (QED) is 0.712. The molecular weight excluding hydrogens is 380 g/mol. The molecule has 0 heterocycles. The van der Waals surface area contributed by atoms with Crippen LogP contribution in [-0.2, 0) is 0 Å². The normalized spacial score (nSPS) is 12.3. The van der Waals surface area contributed by atoms with Crippen molar-refractivity contribution in [3.05, 3.63) is 62.5 Å². The Kier molecular flexibility index (Phi) is 4.58. The molecule has 0 aliphatic heterocycles. The molecule has 0 spiro atoms. The van der Waals surface area contributed by atoms with Crippen molar-refractivity contribution in [2.45, 2.75) is 13.0 Å². The highest BCUT2D eigenvalue weighted by Crippen LogP contribution is 2.33. The Hall–Kier alpha value is -0.940. The Morgan fingerprint density at radius 2 is 1.58 bits per heavy atom. The third kappa shape index (κ3) is 3.15. The molecule has 0 bridgehead atoms. The second-order valence-corrected chi connectivity index (χ2v) is 5.81. The fourth-order valence-electron chi connectivity index (χ4n) is 1.78. The van der Waals surface area contributed by atoms with Gasteiger partial charge in [0.1, 0.15) is 0 Å². The average molecular weight is 391 g/mol. The van der Waals surface area contributed by atoms with E-state index in [1.54, 1.807) is 13.0 Å². The standard InChI is InChI=1S/C14H11Br2F2N/c1-8(9-4-2-7-12(17)13(9)18)19-14-10(15)5-3-6-11(14)16/h2-8,19H,1H3. The van der Waals surface area contributed by atoms with Crippen LogP contribution in [0.4, 0.5) is 14.5 Å². The highest BCUT2D eigenvalue weighted by atomic mass is 79.9. The second-order valence-electron chi connectivity index (χ2n) is 4.11. The summed E-state index contributed by atoms with van der Waals surface area (Å²) in [6.07, 6.45) is 0. The van der Waals surface area contributed by atoms with Gasteiger partial charge in [-0.3, -0.25) is 0 Å². The highest BCUT2D eigenvalue weighted by molar-refractivity contribution is 9.11. The predicted octanol–water partition coefficient (Wildman–Crippen LogP) is 5.66. The first kappa shape index (κ1) is 14.5. The summed E-state index contributed by atoms with van der Waals surface area (Å²) in [6.45, 7) is 1.78. The first-order chi connectivity index (χ1) is 9.00. The van der Waals surface area contributed by atoms with Crippen molar-refractivity contribution in [3.8, 4) is 0 Å². The molecule has 0 saturated carbocycles. The fourth-order valence-corrected chi connectivity index (χ4v) is 3.01. The summed E-state index contributed by atoms with van der Waals surface area (Å²) in [6, 6.07) is 9.46. The van der Waals surface area contributed by atoms with Crippen LogP contribution >= 0.6 is 31.9 Å². The van der Waals surface area contributed by atoms with Gasteiger partial charge in [0.2, 0.25) is 0 Å². The summed E-state index contributed by atoms with van der Waals surface area (Å²) in [7, 11) is 0. The first-order valence-electron chi connectivity index (χ1n) is 5.65. The number of rotatable bonds is 3. The third-order valence-electron chi connectivity index (χ3n) is 2.77. The number of anilines is 1. The summed E-state index contributed by atoms with van der Waals surface area (Å²) in [5, 5.41) is 3.16. The second kappa shape index (κ2) is 6.01. The van der Waals surface area contributed by atoms with Gasteiger partial charge in [-0.25, -0.2) is 8.78 Å². The first-order valence-corrected chi connectivity index (χ1v) is 7.23. The number of hydrogen-bond donors (Lipinski definition) is 1. The Morgan fingerprint density at radius 3 is 2.21 bits per heavy atom. The van der Waals surface area contributed by atoms with Crippen molar-refractivity contribution in [2.75, 3.05) is 5.32 Å². The molecule has 2 aromatic carbocycles. The van der Waals surface area contributed by atoms with E-state index in [-0.39, 0.29) is 6.04 Å². The zero-order valence-electron chi connectivity index (χ0n) is 10.1. The van der Waals surface area contributed by atoms with Crippen molar-refractivity contribution >= 4 is 37.5 Å². The summed E-state index contributed by atoms with van der Waals surface area (Å²) in [5.41, 5.74) is 1.10. The van der Waals surface area contributed by atoms with Crippen LogP contribution in [0, 0.1) is 11.6 Å². The average Bonchev–Trinajstić information content (AvgIpc) is 2.37. The molecule has 19 heavy (non-hydrogen) atoms. The molecule has 2 aromatic rings. The van der Waals surface area contributed by atoms with Crippen LogP contribution in [0.15, 0.2) is 45.3 Å². The van der Waals surface area contributed by atoms with Crippen LogP contribution in [0.5, 0.6) is 0 Å². The Morgan fingerprint density at radius 1 is 1.00 bits per heavy atom. The van der Waals surface area contributed by atoms with Gasteiger partial charge in [0.05, 0.1) is 11.7 Å². The van der Waals surface area contributed by atoms with Gasteiger partial charge in [-0.15, -0.1) is 0 Å². The van der Waals surface area contributed by atoms with E-state index in [0.29, 0.717) is 5.56 Å². The zero-order chi connectivity index (χ0) is 14.0. The maximum atomic E-state index is 13.7. The van der Waals surface area contributed by atoms with Gasteiger partial charge in [-0.05, 0) is 57.0 Å². The van der Waals surface area contributed by atoms with Gasteiger partial charge in [0.15, 0.2) is 11.6 Å².